The molecule has 1 saturated carbocycles. The third-order valence-corrected chi connectivity index (χ3v) is 4.44. The molecule has 1 atom stereocenters. The molecule has 3 rings (SSSR count). The normalized spacial score (nSPS) is 16.6. The predicted molar refractivity (Wildman–Crippen MR) is 91.1 cm³/mol. The summed E-state index contributed by atoms with van der Waals surface area (Å²) in [6.45, 7) is 2.68. The molecule has 2 aromatic carbocycles. The van der Waals surface area contributed by atoms with Crippen molar-refractivity contribution in [3.63, 3.8) is 0 Å². The van der Waals surface area contributed by atoms with E-state index in [1.165, 1.54) is 5.56 Å². The predicted octanol–water partition coefficient (Wildman–Crippen LogP) is 3.44. The van der Waals surface area contributed by atoms with Gasteiger partial charge in [-0.1, -0.05) is 60.7 Å². The molecule has 0 spiro atoms. The maximum atomic E-state index is 12.5. The van der Waals surface area contributed by atoms with Crippen LogP contribution >= 0.6 is 0 Å². The Hall–Kier alpha value is -2.13. The van der Waals surface area contributed by atoms with Crippen LogP contribution in [0.5, 0.6) is 0 Å². The van der Waals surface area contributed by atoms with Gasteiger partial charge in [0, 0.05) is 6.54 Å². The number of hydrogen-bond acceptors (Lipinski definition) is 3. The standard InChI is InChI=1S/C20H23NO2/c1-16(21-15-12-17-8-4-2-5-9-17)23-19(22)20(13-14-20)18-10-6-3-7-11-18/h2-11,16,21H,12-15H2,1H3. The first-order chi connectivity index (χ1) is 11.2. The molecule has 0 amide bonds. The quantitative estimate of drug-likeness (QED) is 0.629. The van der Waals surface area contributed by atoms with Gasteiger partial charge in [-0.05, 0) is 37.3 Å². The van der Waals surface area contributed by atoms with Crippen LogP contribution in [0.3, 0.4) is 0 Å². The zero-order valence-corrected chi connectivity index (χ0v) is 13.5. The van der Waals surface area contributed by atoms with Crippen LogP contribution < -0.4 is 5.32 Å². The highest BCUT2D eigenvalue weighted by Gasteiger charge is 2.53. The highest BCUT2D eigenvalue weighted by atomic mass is 16.6. The number of benzene rings is 2. The van der Waals surface area contributed by atoms with Crippen LogP contribution in [-0.2, 0) is 21.4 Å². The largest absolute Gasteiger partial charge is 0.446 e. The Bertz CT molecular complexity index is 635. The van der Waals surface area contributed by atoms with E-state index in [4.69, 9.17) is 4.74 Å². The van der Waals surface area contributed by atoms with Gasteiger partial charge in [0.05, 0.1) is 5.41 Å². The summed E-state index contributed by atoms with van der Waals surface area (Å²) in [4.78, 5) is 12.5. The summed E-state index contributed by atoms with van der Waals surface area (Å²) in [6.07, 6.45) is 2.42. The molecule has 0 aliphatic heterocycles. The van der Waals surface area contributed by atoms with Crippen molar-refractivity contribution in [3.05, 3.63) is 71.8 Å². The Morgan fingerprint density at radius 3 is 2.30 bits per heavy atom. The third-order valence-electron chi connectivity index (χ3n) is 4.44. The zero-order valence-electron chi connectivity index (χ0n) is 13.5. The summed E-state index contributed by atoms with van der Waals surface area (Å²) in [5, 5.41) is 3.27. The van der Waals surface area contributed by atoms with Crippen LogP contribution in [0, 0.1) is 0 Å². The van der Waals surface area contributed by atoms with Gasteiger partial charge in [0.2, 0.25) is 0 Å². The number of hydrogen-bond donors (Lipinski definition) is 1. The smallest absolute Gasteiger partial charge is 0.318 e. The van der Waals surface area contributed by atoms with Gasteiger partial charge in [0.25, 0.3) is 0 Å². The highest BCUT2D eigenvalue weighted by Crippen LogP contribution is 2.49. The van der Waals surface area contributed by atoms with Crippen molar-refractivity contribution >= 4 is 5.97 Å². The summed E-state index contributed by atoms with van der Waals surface area (Å²) in [5.41, 5.74) is 1.94. The first-order valence-corrected chi connectivity index (χ1v) is 8.25. The van der Waals surface area contributed by atoms with Crippen molar-refractivity contribution in [2.75, 3.05) is 6.54 Å². The molecular weight excluding hydrogens is 286 g/mol. The molecule has 3 nitrogen and oxygen atoms in total. The second-order valence-corrected chi connectivity index (χ2v) is 6.19. The van der Waals surface area contributed by atoms with Crippen molar-refractivity contribution in [1.29, 1.82) is 0 Å². The van der Waals surface area contributed by atoms with Crippen LogP contribution in [-0.4, -0.2) is 18.7 Å². The van der Waals surface area contributed by atoms with Crippen LogP contribution in [0.4, 0.5) is 0 Å². The molecule has 3 heteroatoms. The lowest BCUT2D eigenvalue weighted by Gasteiger charge is -2.20. The molecule has 0 saturated heterocycles. The second-order valence-electron chi connectivity index (χ2n) is 6.19. The zero-order chi connectivity index (χ0) is 16.1. The van der Waals surface area contributed by atoms with Crippen molar-refractivity contribution in [2.24, 2.45) is 0 Å². The minimum absolute atomic E-state index is 0.108. The number of ether oxygens (including phenoxy) is 1. The molecule has 1 aliphatic carbocycles. The van der Waals surface area contributed by atoms with E-state index in [1.807, 2.05) is 55.5 Å². The maximum absolute atomic E-state index is 12.5. The van der Waals surface area contributed by atoms with Crippen molar-refractivity contribution < 1.29 is 9.53 Å². The fourth-order valence-corrected chi connectivity index (χ4v) is 2.87. The molecule has 23 heavy (non-hydrogen) atoms. The van der Waals surface area contributed by atoms with Crippen LogP contribution in [0.2, 0.25) is 0 Å². The number of esters is 1. The minimum Gasteiger partial charge on any atom is -0.446 e. The van der Waals surface area contributed by atoms with Gasteiger partial charge in [0.1, 0.15) is 0 Å². The lowest BCUT2D eigenvalue weighted by atomic mass is 9.96. The molecule has 1 N–H and O–H groups in total. The van der Waals surface area contributed by atoms with E-state index in [2.05, 4.69) is 17.4 Å². The van der Waals surface area contributed by atoms with Crippen molar-refractivity contribution in [2.45, 2.75) is 37.8 Å². The van der Waals surface area contributed by atoms with E-state index in [0.29, 0.717) is 0 Å². The molecule has 0 aromatic heterocycles. The average molecular weight is 309 g/mol. The molecule has 120 valence electrons. The van der Waals surface area contributed by atoms with Gasteiger partial charge in [-0.2, -0.15) is 0 Å². The van der Waals surface area contributed by atoms with Gasteiger partial charge < -0.3 is 4.74 Å². The van der Waals surface area contributed by atoms with Gasteiger partial charge in [-0.3, -0.25) is 10.1 Å². The fraction of sp³-hybridized carbons (Fsp3) is 0.350. The summed E-state index contributed by atoms with van der Waals surface area (Å²) < 4.78 is 5.62. The van der Waals surface area contributed by atoms with Crippen LogP contribution in [0.1, 0.15) is 30.9 Å². The molecule has 0 heterocycles. The van der Waals surface area contributed by atoms with E-state index < -0.39 is 5.41 Å². The molecular formula is C20H23NO2. The van der Waals surface area contributed by atoms with E-state index >= 15 is 0 Å². The first-order valence-electron chi connectivity index (χ1n) is 8.25. The fourth-order valence-electron chi connectivity index (χ4n) is 2.87. The lowest BCUT2D eigenvalue weighted by molar-refractivity contribution is -0.152. The average Bonchev–Trinajstić information content (AvgIpc) is 3.38. The maximum Gasteiger partial charge on any atom is 0.318 e. The molecule has 1 aliphatic rings. The first kappa shape index (κ1) is 15.8. The Balaban J connectivity index is 1.48. The highest BCUT2D eigenvalue weighted by molar-refractivity contribution is 5.86. The molecule has 1 unspecified atom stereocenters. The lowest BCUT2D eigenvalue weighted by Crippen LogP contribution is -2.36. The van der Waals surface area contributed by atoms with E-state index in [0.717, 1.165) is 31.4 Å². The molecule has 2 aromatic rings. The van der Waals surface area contributed by atoms with Crippen molar-refractivity contribution in [3.8, 4) is 0 Å². The van der Waals surface area contributed by atoms with Gasteiger partial charge in [-0.25, -0.2) is 0 Å². The van der Waals surface area contributed by atoms with Gasteiger partial charge in [0.15, 0.2) is 6.23 Å². The molecule has 1 fully saturated rings. The summed E-state index contributed by atoms with van der Waals surface area (Å²) in [6, 6.07) is 20.3. The molecule has 0 radical (unpaired) electrons. The number of nitrogens with one attached hydrogen (secondary N) is 1. The number of carbonyl (C=O) groups excluding carboxylic acids is 1. The second kappa shape index (κ2) is 6.97. The van der Waals surface area contributed by atoms with E-state index in [9.17, 15) is 4.79 Å². The van der Waals surface area contributed by atoms with Crippen molar-refractivity contribution in [1.82, 2.24) is 5.32 Å². The summed E-state index contributed by atoms with van der Waals surface area (Å²) >= 11 is 0. The Morgan fingerprint density at radius 2 is 1.70 bits per heavy atom. The Labute approximate surface area is 137 Å². The number of carbonyl (C=O) groups is 1. The van der Waals surface area contributed by atoms with E-state index in [1.54, 1.807) is 0 Å². The van der Waals surface area contributed by atoms with Gasteiger partial charge in [-0.15, -0.1) is 0 Å². The topological polar surface area (TPSA) is 38.3 Å². The van der Waals surface area contributed by atoms with Crippen LogP contribution in [0.25, 0.3) is 0 Å². The summed E-state index contributed by atoms with van der Waals surface area (Å²) in [7, 11) is 0. The minimum atomic E-state index is -0.406. The Morgan fingerprint density at radius 1 is 1.09 bits per heavy atom. The monoisotopic (exact) mass is 309 g/mol. The molecule has 0 bridgehead atoms. The number of rotatable bonds is 7. The van der Waals surface area contributed by atoms with E-state index in [-0.39, 0.29) is 12.2 Å². The van der Waals surface area contributed by atoms with Crippen LogP contribution in [0.15, 0.2) is 60.7 Å². The summed E-state index contributed by atoms with van der Waals surface area (Å²) in [5.74, 6) is -0.108. The Kier molecular flexibility index (Phi) is 4.77. The third kappa shape index (κ3) is 3.80. The van der Waals surface area contributed by atoms with Gasteiger partial charge >= 0.3 is 5.97 Å². The SMILES string of the molecule is CC(NCCc1ccccc1)OC(=O)C1(c2ccccc2)CC1.